The van der Waals surface area contributed by atoms with Crippen LogP contribution in [0.1, 0.15) is 180 Å². The van der Waals surface area contributed by atoms with Crippen molar-refractivity contribution in [2.24, 2.45) is 5.92 Å². The number of hydrogen-bond donors (Lipinski definition) is 1. The summed E-state index contributed by atoms with van der Waals surface area (Å²) >= 11 is 0. The Kier molecular flexibility index (Phi) is 30.7. The predicted octanol–water partition coefficient (Wildman–Crippen LogP) is 11.5. The Hall–Kier alpha value is -1.58. The van der Waals surface area contributed by atoms with E-state index in [2.05, 4.69) is 13.5 Å². The average molecular weight is 563 g/mol. The Labute approximate surface area is 248 Å². The van der Waals surface area contributed by atoms with Crippen LogP contribution in [-0.2, 0) is 14.3 Å². The lowest BCUT2D eigenvalue weighted by atomic mass is 10.0. The van der Waals surface area contributed by atoms with Crippen molar-refractivity contribution < 1.29 is 19.4 Å². The number of ether oxygens (including phenoxy) is 1. The van der Waals surface area contributed by atoms with Crippen LogP contribution in [-0.4, -0.2) is 23.7 Å². The van der Waals surface area contributed by atoms with Crippen molar-refractivity contribution in [3.05, 3.63) is 24.8 Å². The molecule has 0 bridgehead atoms. The first-order chi connectivity index (χ1) is 19.6. The molecule has 0 saturated carbocycles. The number of rotatable bonds is 32. The minimum atomic E-state index is -0.991. The van der Waals surface area contributed by atoms with Crippen molar-refractivity contribution in [2.75, 3.05) is 6.61 Å². The molecule has 0 heterocycles. The Morgan fingerprint density at radius 1 is 0.625 bits per heavy atom. The fraction of sp³-hybridized carbons (Fsp3) is 0.833. The molecule has 0 fully saturated rings. The summed E-state index contributed by atoms with van der Waals surface area (Å²) in [6.07, 6.45) is 40.5. The number of carboxylic acid groups (broad SMARTS) is 1. The van der Waals surface area contributed by atoms with Gasteiger partial charge in [-0.3, -0.25) is 9.59 Å². The summed E-state index contributed by atoms with van der Waals surface area (Å²) in [6.45, 7) is 5.91. The fourth-order valence-corrected chi connectivity index (χ4v) is 5.33. The summed E-state index contributed by atoms with van der Waals surface area (Å²) in [6, 6.07) is 0. The Balaban J connectivity index is 3.35. The third kappa shape index (κ3) is 29.4. The lowest BCUT2D eigenvalue weighted by molar-refractivity contribution is -0.150. The second-order valence-corrected chi connectivity index (χ2v) is 11.8. The Morgan fingerprint density at radius 2 is 0.975 bits per heavy atom. The maximum absolute atomic E-state index is 11.9. The number of aliphatic carboxylic acids is 1. The zero-order valence-corrected chi connectivity index (χ0v) is 26.5. The van der Waals surface area contributed by atoms with Gasteiger partial charge >= 0.3 is 11.9 Å². The van der Waals surface area contributed by atoms with Crippen molar-refractivity contribution in [1.82, 2.24) is 0 Å². The fourth-order valence-electron chi connectivity index (χ4n) is 5.33. The highest BCUT2D eigenvalue weighted by Crippen LogP contribution is 2.16. The molecule has 0 aliphatic carbocycles. The molecule has 0 rings (SSSR count). The lowest BCUT2D eigenvalue weighted by Crippen LogP contribution is -2.19. The standard InChI is InChI=1S/C36H66O4/c1-3-5-6-7-8-9-10-11-12-13-14-15-16-17-18-19-20-21-22-23-24-25-26-27-28-29-30-31-34(33-35(37)38)36(39)40-32-4-2/h4,30-31,34H,2-3,5-29,32-33H2,1H3,(H,37,38)/b31-30+. The van der Waals surface area contributed by atoms with Crippen molar-refractivity contribution in [1.29, 1.82) is 0 Å². The van der Waals surface area contributed by atoms with Gasteiger partial charge in [0.15, 0.2) is 0 Å². The zero-order chi connectivity index (χ0) is 29.4. The van der Waals surface area contributed by atoms with E-state index in [4.69, 9.17) is 9.84 Å². The van der Waals surface area contributed by atoms with Gasteiger partial charge in [0, 0.05) is 0 Å². The van der Waals surface area contributed by atoms with Crippen molar-refractivity contribution in [3.63, 3.8) is 0 Å². The first-order valence-electron chi connectivity index (χ1n) is 17.3. The number of carboxylic acids is 1. The van der Waals surface area contributed by atoms with Gasteiger partial charge in [-0.25, -0.2) is 0 Å². The molecule has 0 aliphatic heterocycles. The highest BCUT2D eigenvalue weighted by Gasteiger charge is 2.19. The summed E-state index contributed by atoms with van der Waals surface area (Å²) in [4.78, 5) is 22.9. The molecule has 4 heteroatoms. The molecule has 0 aromatic rings. The van der Waals surface area contributed by atoms with Crippen LogP contribution in [0.5, 0.6) is 0 Å². The number of esters is 1. The third-order valence-electron chi connectivity index (χ3n) is 7.88. The van der Waals surface area contributed by atoms with E-state index in [0.29, 0.717) is 0 Å². The quantitative estimate of drug-likeness (QED) is 0.0503. The highest BCUT2D eigenvalue weighted by molar-refractivity contribution is 5.80. The van der Waals surface area contributed by atoms with Crippen LogP contribution in [0.3, 0.4) is 0 Å². The van der Waals surface area contributed by atoms with Crippen molar-refractivity contribution in [2.45, 2.75) is 180 Å². The maximum atomic E-state index is 11.9. The molecule has 0 amide bonds. The Morgan fingerprint density at radius 3 is 1.30 bits per heavy atom. The molecule has 234 valence electrons. The molecule has 1 atom stereocenters. The van der Waals surface area contributed by atoms with Gasteiger partial charge in [-0.05, 0) is 12.8 Å². The molecule has 0 aromatic carbocycles. The van der Waals surface area contributed by atoms with Crippen LogP contribution in [0.4, 0.5) is 0 Å². The third-order valence-corrected chi connectivity index (χ3v) is 7.88. The number of allylic oxidation sites excluding steroid dienone is 1. The van der Waals surface area contributed by atoms with Crippen LogP contribution in [0.15, 0.2) is 24.8 Å². The molecule has 0 spiro atoms. The SMILES string of the molecule is C=CCOC(=O)C(/C=C/CCCCCCCCCCCCCCCCCCCCCCCCCCC)CC(=O)O. The van der Waals surface area contributed by atoms with Crippen LogP contribution >= 0.6 is 0 Å². The van der Waals surface area contributed by atoms with Crippen molar-refractivity contribution in [3.8, 4) is 0 Å². The molecule has 0 radical (unpaired) electrons. The minimum absolute atomic E-state index is 0.113. The molecular weight excluding hydrogens is 496 g/mol. The van der Waals surface area contributed by atoms with E-state index in [1.54, 1.807) is 6.08 Å². The topological polar surface area (TPSA) is 63.6 Å². The van der Waals surface area contributed by atoms with E-state index < -0.39 is 17.9 Å². The minimum Gasteiger partial charge on any atom is -0.481 e. The largest absolute Gasteiger partial charge is 0.481 e. The first kappa shape index (κ1) is 38.4. The molecule has 1 unspecified atom stereocenters. The van der Waals surface area contributed by atoms with E-state index >= 15 is 0 Å². The van der Waals surface area contributed by atoms with Gasteiger partial charge in [0.2, 0.25) is 0 Å². The smallest absolute Gasteiger partial charge is 0.313 e. The van der Waals surface area contributed by atoms with Crippen LogP contribution in [0, 0.1) is 5.92 Å². The molecule has 4 nitrogen and oxygen atoms in total. The lowest BCUT2D eigenvalue weighted by Gasteiger charge is -2.09. The number of unbranched alkanes of at least 4 members (excludes halogenated alkanes) is 25. The Bertz CT molecular complexity index is 598. The summed E-state index contributed by atoms with van der Waals surface area (Å²) in [7, 11) is 0. The van der Waals surface area contributed by atoms with E-state index in [1.807, 2.05) is 6.08 Å². The van der Waals surface area contributed by atoms with E-state index in [0.717, 1.165) is 12.8 Å². The zero-order valence-electron chi connectivity index (χ0n) is 26.5. The van der Waals surface area contributed by atoms with Crippen LogP contribution in [0.2, 0.25) is 0 Å². The van der Waals surface area contributed by atoms with E-state index in [1.165, 1.54) is 160 Å². The molecule has 40 heavy (non-hydrogen) atoms. The molecule has 0 aliphatic rings. The van der Waals surface area contributed by atoms with Gasteiger partial charge in [-0.15, -0.1) is 0 Å². The molecular formula is C36H66O4. The normalized spacial score (nSPS) is 12.1. The molecule has 0 aromatic heterocycles. The number of carbonyl (C=O) groups is 2. The summed E-state index contributed by atoms with van der Waals surface area (Å²) in [5.41, 5.74) is 0. The van der Waals surface area contributed by atoms with E-state index in [9.17, 15) is 9.59 Å². The second kappa shape index (κ2) is 31.9. The maximum Gasteiger partial charge on any atom is 0.313 e. The van der Waals surface area contributed by atoms with Gasteiger partial charge in [-0.2, -0.15) is 0 Å². The second-order valence-electron chi connectivity index (χ2n) is 11.8. The predicted molar refractivity (Wildman–Crippen MR) is 172 cm³/mol. The summed E-state index contributed by atoms with van der Waals surface area (Å²) < 4.78 is 4.99. The van der Waals surface area contributed by atoms with E-state index in [-0.39, 0.29) is 13.0 Å². The van der Waals surface area contributed by atoms with Crippen LogP contribution < -0.4 is 0 Å². The van der Waals surface area contributed by atoms with Gasteiger partial charge in [0.1, 0.15) is 6.61 Å². The summed E-state index contributed by atoms with van der Waals surface area (Å²) in [5.74, 6) is -2.19. The van der Waals surface area contributed by atoms with Gasteiger partial charge < -0.3 is 9.84 Å². The van der Waals surface area contributed by atoms with Gasteiger partial charge in [-0.1, -0.05) is 186 Å². The number of carbonyl (C=O) groups excluding carboxylic acids is 1. The number of hydrogen-bond acceptors (Lipinski definition) is 3. The average Bonchev–Trinajstić information content (AvgIpc) is 2.94. The van der Waals surface area contributed by atoms with Crippen molar-refractivity contribution >= 4 is 11.9 Å². The molecule has 0 saturated heterocycles. The van der Waals surface area contributed by atoms with Gasteiger partial charge in [0.25, 0.3) is 0 Å². The molecule has 1 N–H and O–H groups in total. The summed E-state index contributed by atoms with van der Waals surface area (Å²) in [5, 5.41) is 9.00. The highest BCUT2D eigenvalue weighted by atomic mass is 16.5. The first-order valence-corrected chi connectivity index (χ1v) is 17.3. The van der Waals surface area contributed by atoms with Gasteiger partial charge in [0.05, 0.1) is 12.3 Å². The monoisotopic (exact) mass is 562 g/mol. The van der Waals surface area contributed by atoms with Crippen LogP contribution in [0.25, 0.3) is 0 Å².